The number of aromatic hydroxyl groups is 1. The average Bonchev–Trinajstić information content (AvgIpc) is 2.74. The molecule has 0 fully saturated rings. The van der Waals surface area contributed by atoms with Gasteiger partial charge in [0.15, 0.2) is 18.3 Å². The van der Waals surface area contributed by atoms with Crippen LogP contribution in [-0.2, 0) is 4.74 Å². The van der Waals surface area contributed by atoms with Gasteiger partial charge in [0.05, 0.1) is 11.1 Å². The zero-order valence-corrected chi connectivity index (χ0v) is 16.5. The molecule has 7 nitrogen and oxygen atoms in total. The van der Waals surface area contributed by atoms with Gasteiger partial charge in [-0.15, -0.1) is 0 Å². The minimum absolute atomic E-state index is 0.0319. The number of esters is 2. The van der Waals surface area contributed by atoms with Crippen LogP contribution in [0.1, 0.15) is 26.3 Å². The van der Waals surface area contributed by atoms with Crippen molar-refractivity contribution in [2.24, 2.45) is 0 Å². The average molecular weight is 408 g/mol. The molecule has 0 saturated carbocycles. The van der Waals surface area contributed by atoms with E-state index in [9.17, 15) is 14.7 Å². The third-order valence-corrected chi connectivity index (χ3v) is 4.02. The van der Waals surface area contributed by atoms with Crippen molar-refractivity contribution in [1.82, 2.24) is 0 Å². The van der Waals surface area contributed by atoms with Crippen molar-refractivity contribution < 1.29 is 33.6 Å². The molecule has 154 valence electrons. The molecule has 1 N–H and O–H groups in total. The summed E-state index contributed by atoms with van der Waals surface area (Å²) in [6.07, 6.45) is 0. The van der Waals surface area contributed by atoms with E-state index in [1.165, 1.54) is 31.4 Å². The number of hydrogen-bond acceptors (Lipinski definition) is 7. The van der Waals surface area contributed by atoms with E-state index in [0.29, 0.717) is 11.3 Å². The fourth-order valence-corrected chi connectivity index (χ4v) is 2.61. The topological polar surface area (TPSA) is 91.3 Å². The number of benzene rings is 3. The summed E-state index contributed by atoms with van der Waals surface area (Å²) < 4.78 is 20.8. The molecule has 0 radical (unpaired) electrons. The molecule has 0 aromatic heterocycles. The van der Waals surface area contributed by atoms with Crippen molar-refractivity contribution in [2.45, 2.75) is 6.92 Å². The third kappa shape index (κ3) is 5.15. The first kappa shape index (κ1) is 20.9. The molecule has 30 heavy (non-hydrogen) atoms. The monoisotopic (exact) mass is 408 g/mol. The SMILES string of the molecule is COCOc1cccc(C(=O)Oc2cccc(O)c2OC(=O)c2cccc(C)c2)c1. The molecule has 0 bridgehead atoms. The number of rotatable bonds is 7. The highest BCUT2D eigenvalue weighted by molar-refractivity contribution is 5.94. The van der Waals surface area contributed by atoms with Crippen LogP contribution < -0.4 is 14.2 Å². The normalized spacial score (nSPS) is 10.3. The fraction of sp³-hybridized carbons (Fsp3) is 0.130. The largest absolute Gasteiger partial charge is 0.504 e. The lowest BCUT2D eigenvalue weighted by Gasteiger charge is -2.12. The molecule has 0 aliphatic rings. The molecule has 7 heteroatoms. The minimum Gasteiger partial charge on any atom is -0.504 e. The molecule has 0 atom stereocenters. The quantitative estimate of drug-likeness (QED) is 0.357. The molecule has 3 rings (SSSR count). The first-order chi connectivity index (χ1) is 14.5. The van der Waals surface area contributed by atoms with Crippen LogP contribution in [0.15, 0.2) is 66.7 Å². The van der Waals surface area contributed by atoms with Gasteiger partial charge in [0.1, 0.15) is 5.75 Å². The highest BCUT2D eigenvalue weighted by Gasteiger charge is 2.20. The predicted molar refractivity (Wildman–Crippen MR) is 108 cm³/mol. The number of carbonyl (C=O) groups is 2. The van der Waals surface area contributed by atoms with E-state index in [2.05, 4.69) is 0 Å². The second-order valence-corrected chi connectivity index (χ2v) is 6.33. The number of phenols is 1. The molecular formula is C23H20O7. The molecular weight excluding hydrogens is 388 g/mol. The second-order valence-electron chi connectivity index (χ2n) is 6.33. The number of aryl methyl sites for hydroxylation is 1. The Kier molecular flexibility index (Phi) is 6.67. The maximum absolute atomic E-state index is 12.6. The van der Waals surface area contributed by atoms with Crippen LogP contribution in [0.4, 0.5) is 0 Å². The predicted octanol–water partition coefficient (Wildman–Crippen LogP) is 4.12. The van der Waals surface area contributed by atoms with E-state index in [0.717, 1.165) is 5.56 Å². The molecule has 0 spiro atoms. The van der Waals surface area contributed by atoms with E-state index in [-0.39, 0.29) is 29.6 Å². The van der Waals surface area contributed by atoms with Gasteiger partial charge in [-0.3, -0.25) is 0 Å². The van der Waals surface area contributed by atoms with Crippen LogP contribution in [0.25, 0.3) is 0 Å². The molecule has 0 unspecified atom stereocenters. The minimum atomic E-state index is -0.712. The number of ether oxygens (including phenoxy) is 4. The van der Waals surface area contributed by atoms with Crippen LogP contribution in [0.5, 0.6) is 23.0 Å². The van der Waals surface area contributed by atoms with Crippen molar-refractivity contribution in [3.05, 3.63) is 83.4 Å². The number of methoxy groups -OCH3 is 1. The summed E-state index contributed by atoms with van der Waals surface area (Å²) in [5, 5.41) is 10.2. The summed E-state index contributed by atoms with van der Waals surface area (Å²) in [5.41, 5.74) is 1.39. The smallest absolute Gasteiger partial charge is 0.343 e. The molecule has 3 aromatic carbocycles. The van der Waals surface area contributed by atoms with E-state index in [1.54, 1.807) is 36.4 Å². The van der Waals surface area contributed by atoms with Gasteiger partial charge in [-0.25, -0.2) is 9.59 Å². The number of hydrogen-bond donors (Lipinski definition) is 1. The summed E-state index contributed by atoms with van der Waals surface area (Å²) in [4.78, 5) is 25.0. The third-order valence-electron chi connectivity index (χ3n) is 4.02. The Morgan fingerprint density at radius 3 is 2.27 bits per heavy atom. The van der Waals surface area contributed by atoms with Crippen LogP contribution in [0.2, 0.25) is 0 Å². The Labute approximate surface area is 173 Å². The Morgan fingerprint density at radius 2 is 1.53 bits per heavy atom. The van der Waals surface area contributed by atoms with E-state index in [1.807, 2.05) is 13.0 Å². The zero-order chi connectivity index (χ0) is 21.5. The standard InChI is InChI=1S/C23H20O7/c1-15-6-3-7-16(12-15)23(26)30-21-19(24)10-5-11-20(21)29-22(25)17-8-4-9-18(13-17)28-14-27-2/h3-13,24H,14H2,1-2H3. The molecule has 0 heterocycles. The second kappa shape index (κ2) is 9.58. The van der Waals surface area contributed by atoms with E-state index in [4.69, 9.17) is 18.9 Å². The van der Waals surface area contributed by atoms with E-state index < -0.39 is 11.9 Å². The highest BCUT2D eigenvalue weighted by atomic mass is 16.7. The summed E-state index contributed by atoms with van der Waals surface area (Å²) in [6, 6.07) is 17.3. The number of phenolic OH excluding ortho intramolecular Hbond substituents is 1. The van der Waals surface area contributed by atoms with Crippen molar-refractivity contribution in [2.75, 3.05) is 13.9 Å². The van der Waals surface area contributed by atoms with Crippen molar-refractivity contribution in [3.63, 3.8) is 0 Å². The zero-order valence-electron chi connectivity index (χ0n) is 16.5. The van der Waals surface area contributed by atoms with Crippen LogP contribution in [0, 0.1) is 6.92 Å². The molecule has 0 aliphatic heterocycles. The Hall–Kier alpha value is -3.84. The lowest BCUT2D eigenvalue weighted by Crippen LogP contribution is -2.13. The Morgan fingerprint density at radius 1 is 0.867 bits per heavy atom. The maximum atomic E-state index is 12.6. The summed E-state index contributed by atoms with van der Waals surface area (Å²) >= 11 is 0. The van der Waals surface area contributed by atoms with Crippen molar-refractivity contribution in [1.29, 1.82) is 0 Å². The summed E-state index contributed by atoms with van der Waals surface area (Å²) in [5.74, 6) is -1.65. The molecule has 0 aliphatic carbocycles. The van der Waals surface area contributed by atoms with Gasteiger partial charge in [-0.05, 0) is 49.4 Å². The van der Waals surface area contributed by atoms with Crippen LogP contribution in [-0.4, -0.2) is 30.9 Å². The van der Waals surface area contributed by atoms with E-state index >= 15 is 0 Å². The number of carbonyl (C=O) groups excluding carboxylic acids is 2. The van der Waals surface area contributed by atoms with Crippen LogP contribution in [0.3, 0.4) is 0 Å². The van der Waals surface area contributed by atoms with Gasteiger partial charge < -0.3 is 24.1 Å². The van der Waals surface area contributed by atoms with Gasteiger partial charge in [-0.1, -0.05) is 29.8 Å². The lowest BCUT2D eigenvalue weighted by atomic mass is 10.1. The lowest BCUT2D eigenvalue weighted by molar-refractivity contribution is 0.0508. The molecule has 0 amide bonds. The van der Waals surface area contributed by atoms with Crippen LogP contribution >= 0.6 is 0 Å². The van der Waals surface area contributed by atoms with Gasteiger partial charge in [0, 0.05) is 7.11 Å². The van der Waals surface area contributed by atoms with Gasteiger partial charge in [-0.2, -0.15) is 0 Å². The van der Waals surface area contributed by atoms with Gasteiger partial charge >= 0.3 is 11.9 Å². The Bertz CT molecular complexity index is 1060. The fourth-order valence-electron chi connectivity index (χ4n) is 2.61. The molecule has 3 aromatic rings. The van der Waals surface area contributed by atoms with Gasteiger partial charge in [0.2, 0.25) is 5.75 Å². The first-order valence-electron chi connectivity index (χ1n) is 9.02. The summed E-state index contributed by atoms with van der Waals surface area (Å²) in [7, 11) is 1.49. The van der Waals surface area contributed by atoms with Gasteiger partial charge in [0.25, 0.3) is 0 Å². The Balaban J connectivity index is 1.81. The number of para-hydroxylation sites is 1. The maximum Gasteiger partial charge on any atom is 0.343 e. The summed E-state index contributed by atoms with van der Waals surface area (Å²) in [6.45, 7) is 1.87. The van der Waals surface area contributed by atoms with Crippen molar-refractivity contribution >= 4 is 11.9 Å². The molecule has 0 saturated heterocycles. The highest BCUT2D eigenvalue weighted by Crippen LogP contribution is 2.37. The first-order valence-corrected chi connectivity index (χ1v) is 9.02. The van der Waals surface area contributed by atoms with Crippen molar-refractivity contribution in [3.8, 4) is 23.0 Å².